The third-order valence-electron chi connectivity index (χ3n) is 2.61. The predicted molar refractivity (Wildman–Crippen MR) is 67.4 cm³/mol. The molecule has 0 spiro atoms. The van der Waals surface area contributed by atoms with Gasteiger partial charge < -0.3 is 5.73 Å². The highest BCUT2D eigenvalue weighted by Crippen LogP contribution is 2.22. The molecule has 88 valence electrons. The second-order valence-electron chi connectivity index (χ2n) is 5.38. The van der Waals surface area contributed by atoms with Gasteiger partial charge in [-0.05, 0) is 17.4 Å². The van der Waals surface area contributed by atoms with Crippen LogP contribution in [0.4, 0.5) is 0 Å². The van der Waals surface area contributed by atoms with E-state index in [1.54, 1.807) is 0 Å². The summed E-state index contributed by atoms with van der Waals surface area (Å²) >= 11 is 0. The van der Waals surface area contributed by atoms with Crippen molar-refractivity contribution in [1.82, 2.24) is 0 Å². The Morgan fingerprint density at radius 3 is 2.19 bits per heavy atom. The highest BCUT2D eigenvalue weighted by molar-refractivity contribution is 5.96. The minimum atomic E-state index is 0.215. The number of carbonyl (C=O) groups excluding carboxylic acids is 1. The largest absolute Gasteiger partial charge is 0.326 e. The van der Waals surface area contributed by atoms with Gasteiger partial charge in [-0.25, -0.2) is 0 Å². The Morgan fingerprint density at radius 1 is 1.19 bits per heavy atom. The fourth-order valence-electron chi connectivity index (χ4n) is 1.46. The van der Waals surface area contributed by atoms with Crippen molar-refractivity contribution in [1.29, 1.82) is 0 Å². The van der Waals surface area contributed by atoms with Crippen molar-refractivity contribution in [2.24, 2.45) is 11.1 Å². The van der Waals surface area contributed by atoms with E-state index in [4.69, 9.17) is 5.73 Å². The van der Waals surface area contributed by atoms with Crippen LogP contribution >= 0.6 is 0 Å². The lowest BCUT2D eigenvalue weighted by Crippen LogP contribution is -2.09. The summed E-state index contributed by atoms with van der Waals surface area (Å²) in [4.78, 5) is 11.9. The molecule has 2 heteroatoms. The number of rotatable bonds is 4. The van der Waals surface area contributed by atoms with Crippen LogP contribution in [0, 0.1) is 5.41 Å². The van der Waals surface area contributed by atoms with Gasteiger partial charge in [-0.2, -0.15) is 0 Å². The number of hydrogen-bond donors (Lipinski definition) is 1. The molecule has 0 aliphatic heterocycles. The second kappa shape index (κ2) is 5.26. The van der Waals surface area contributed by atoms with Gasteiger partial charge in [0.2, 0.25) is 0 Å². The summed E-state index contributed by atoms with van der Waals surface area (Å²) in [6.45, 7) is 6.98. The first-order chi connectivity index (χ1) is 7.42. The van der Waals surface area contributed by atoms with Gasteiger partial charge in [0.15, 0.2) is 5.78 Å². The van der Waals surface area contributed by atoms with Crippen LogP contribution < -0.4 is 5.73 Å². The minimum absolute atomic E-state index is 0.215. The van der Waals surface area contributed by atoms with Crippen LogP contribution in [0.15, 0.2) is 24.3 Å². The Morgan fingerprint density at radius 2 is 1.75 bits per heavy atom. The number of benzene rings is 1. The molecular weight excluding hydrogens is 198 g/mol. The Balaban J connectivity index is 2.59. The number of Topliss-reactive ketones (excluding diaryl/α,β-unsaturated/α-hetero) is 1. The van der Waals surface area contributed by atoms with Crippen molar-refractivity contribution in [3.05, 3.63) is 35.4 Å². The van der Waals surface area contributed by atoms with Crippen molar-refractivity contribution in [3.8, 4) is 0 Å². The second-order valence-corrected chi connectivity index (χ2v) is 5.38. The van der Waals surface area contributed by atoms with Gasteiger partial charge in [-0.3, -0.25) is 4.79 Å². The highest BCUT2D eigenvalue weighted by Gasteiger charge is 2.13. The van der Waals surface area contributed by atoms with E-state index in [0.29, 0.717) is 13.0 Å². The monoisotopic (exact) mass is 219 g/mol. The Bertz CT molecular complexity index is 346. The van der Waals surface area contributed by atoms with Crippen molar-refractivity contribution < 1.29 is 4.79 Å². The maximum absolute atomic E-state index is 11.9. The fraction of sp³-hybridized carbons (Fsp3) is 0.500. The molecule has 0 amide bonds. The molecule has 0 saturated carbocycles. The molecule has 0 aliphatic carbocycles. The molecule has 0 heterocycles. The quantitative estimate of drug-likeness (QED) is 0.790. The van der Waals surface area contributed by atoms with Gasteiger partial charge in [-0.15, -0.1) is 0 Å². The van der Waals surface area contributed by atoms with Gasteiger partial charge in [0.1, 0.15) is 0 Å². The van der Waals surface area contributed by atoms with Crippen molar-refractivity contribution >= 4 is 5.78 Å². The van der Waals surface area contributed by atoms with Gasteiger partial charge in [0, 0.05) is 18.5 Å². The van der Waals surface area contributed by atoms with E-state index in [-0.39, 0.29) is 11.2 Å². The smallest absolute Gasteiger partial charge is 0.162 e. The summed E-state index contributed by atoms with van der Waals surface area (Å²) in [5, 5.41) is 0. The fourth-order valence-corrected chi connectivity index (χ4v) is 1.46. The first-order valence-corrected chi connectivity index (χ1v) is 5.74. The van der Waals surface area contributed by atoms with Crippen LogP contribution in [0.25, 0.3) is 0 Å². The third-order valence-corrected chi connectivity index (χ3v) is 2.61. The average Bonchev–Trinajstić information content (AvgIpc) is 2.25. The molecule has 1 aromatic carbocycles. The van der Waals surface area contributed by atoms with Crippen LogP contribution in [0.1, 0.15) is 49.5 Å². The van der Waals surface area contributed by atoms with E-state index in [0.717, 1.165) is 17.5 Å². The van der Waals surface area contributed by atoms with Gasteiger partial charge in [0.05, 0.1) is 0 Å². The Kier molecular flexibility index (Phi) is 4.25. The molecule has 0 radical (unpaired) electrons. The zero-order valence-electron chi connectivity index (χ0n) is 10.4. The summed E-state index contributed by atoms with van der Waals surface area (Å²) < 4.78 is 0. The number of carbonyl (C=O) groups is 1. The Labute approximate surface area is 97.9 Å². The van der Waals surface area contributed by atoms with Crippen LogP contribution in [0.2, 0.25) is 0 Å². The highest BCUT2D eigenvalue weighted by atomic mass is 16.1. The van der Waals surface area contributed by atoms with Crippen LogP contribution in [0.3, 0.4) is 0 Å². The van der Waals surface area contributed by atoms with Crippen molar-refractivity contribution in [2.45, 2.75) is 40.2 Å². The zero-order valence-corrected chi connectivity index (χ0v) is 10.4. The van der Waals surface area contributed by atoms with E-state index in [1.165, 1.54) is 0 Å². The molecule has 0 unspecified atom stereocenters. The molecule has 2 N–H and O–H groups in total. The Hall–Kier alpha value is -1.15. The predicted octanol–water partition coefficient (Wildman–Crippen LogP) is 3.15. The van der Waals surface area contributed by atoms with Gasteiger partial charge >= 0.3 is 0 Å². The normalized spacial score (nSPS) is 11.5. The topological polar surface area (TPSA) is 43.1 Å². The zero-order chi connectivity index (χ0) is 12.2. The van der Waals surface area contributed by atoms with Crippen LogP contribution in [-0.2, 0) is 6.54 Å². The molecule has 1 rings (SSSR count). The van der Waals surface area contributed by atoms with E-state index >= 15 is 0 Å². The number of ketones is 1. The maximum Gasteiger partial charge on any atom is 0.162 e. The minimum Gasteiger partial charge on any atom is -0.326 e. The summed E-state index contributed by atoms with van der Waals surface area (Å²) in [5.41, 5.74) is 7.58. The average molecular weight is 219 g/mol. The molecule has 0 bridgehead atoms. The van der Waals surface area contributed by atoms with E-state index < -0.39 is 0 Å². The summed E-state index contributed by atoms with van der Waals surface area (Å²) in [6.07, 6.45) is 1.54. The molecule has 0 fully saturated rings. The molecule has 2 nitrogen and oxygen atoms in total. The summed E-state index contributed by atoms with van der Waals surface area (Å²) in [7, 11) is 0. The van der Waals surface area contributed by atoms with E-state index in [9.17, 15) is 4.79 Å². The van der Waals surface area contributed by atoms with E-state index in [2.05, 4.69) is 20.8 Å². The van der Waals surface area contributed by atoms with E-state index in [1.807, 2.05) is 24.3 Å². The standard InChI is InChI=1S/C14H21NO/c1-14(2,3)9-8-13(16)12-6-4-11(10-15)5-7-12/h4-7H,8-10,15H2,1-3H3. The lowest BCUT2D eigenvalue weighted by molar-refractivity contribution is 0.0966. The van der Waals surface area contributed by atoms with Crippen LogP contribution in [0.5, 0.6) is 0 Å². The molecule has 0 atom stereocenters. The van der Waals surface area contributed by atoms with Gasteiger partial charge in [-0.1, -0.05) is 45.0 Å². The SMILES string of the molecule is CC(C)(C)CCC(=O)c1ccc(CN)cc1. The van der Waals surface area contributed by atoms with Crippen molar-refractivity contribution in [2.75, 3.05) is 0 Å². The molecule has 1 aromatic rings. The number of hydrogen-bond acceptors (Lipinski definition) is 2. The van der Waals surface area contributed by atoms with Crippen LogP contribution in [-0.4, -0.2) is 5.78 Å². The lowest BCUT2D eigenvalue weighted by Gasteiger charge is -2.17. The first kappa shape index (κ1) is 12.9. The molecule has 0 saturated heterocycles. The molecule has 0 aromatic heterocycles. The van der Waals surface area contributed by atoms with Gasteiger partial charge in [0.25, 0.3) is 0 Å². The first-order valence-electron chi connectivity index (χ1n) is 5.74. The summed E-state index contributed by atoms with van der Waals surface area (Å²) in [5.74, 6) is 0.221. The molecule has 16 heavy (non-hydrogen) atoms. The lowest BCUT2D eigenvalue weighted by atomic mass is 9.88. The maximum atomic E-state index is 11.9. The molecular formula is C14H21NO. The molecule has 0 aliphatic rings. The number of nitrogens with two attached hydrogens (primary N) is 1. The third kappa shape index (κ3) is 4.15. The van der Waals surface area contributed by atoms with Crippen molar-refractivity contribution in [3.63, 3.8) is 0 Å². The summed E-state index contributed by atoms with van der Waals surface area (Å²) in [6, 6.07) is 7.58.